The molecule has 23 heavy (non-hydrogen) atoms. The van der Waals surface area contributed by atoms with Gasteiger partial charge in [-0.25, -0.2) is 0 Å². The summed E-state index contributed by atoms with van der Waals surface area (Å²) < 4.78 is 5.27. The Morgan fingerprint density at radius 3 is 2.48 bits per heavy atom. The maximum absolute atomic E-state index is 12.1. The summed E-state index contributed by atoms with van der Waals surface area (Å²) in [5.74, 6) is 0.721. The van der Waals surface area contributed by atoms with Crippen LogP contribution in [0.25, 0.3) is 11.4 Å². The van der Waals surface area contributed by atoms with Crippen molar-refractivity contribution in [1.29, 1.82) is 0 Å². The fourth-order valence-corrected chi connectivity index (χ4v) is 2.16. The van der Waals surface area contributed by atoms with Crippen molar-refractivity contribution in [3.63, 3.8) is 0 Å². The zero-order valence-electron chi connectivity index (χ0n) is 13.0. The number of nitrogens with one attached hydrogen (secondary N) is 1. The average Bonchev–Trinajstić information content (AvgIpc) is 3.06. The lowest BCUT2D eigenvalue weighted by atomic mass is 10.1. The Morgan fingerprint density at radius 2 is 1.78 bits per heavy atom. The van der Waals surface area contributed by atoms with E-state index in [2.05, 4.69) is 15.5 Å². The predicted octanol–water partition coefficient (Wildman–Crippen LogP) is 3.54. The van der Waals surface area contributed by atoms with Crippen LogP contribution < -0.4 is 5.32 Å². The van der Waals surface area contributed by atoms with Crippen LogP contribution in [0.3, 0.4) is 0 Å². The number of hydrogen-bond acceptors (Lipinski definition) is 4. The Morgan fingerprint density at radius 1 is 1.09 bits per heavy atom. The third kappa shape index (κ3) is 3.45. The topological polar surface area (TPSA) is 68.0 Å². The number of aryl methyl sites for hydroxylation is 1. The lowest BCUT2D eigenvalue weighted by molar-refractivity contribution is 0.0932. The Kier molecular flexibility index (Phi) is 4.19. The van der Waals surface area contributed by atoms with Gasteiger partial charge in [0.1, 0.15) is 6.04 Å². The van der Waals surface area contributed by atoms with Gasteiger partial charge in [0.05, 0.1) is 0 Å². The molecular weight excluding hydrogens is 290 g/mol. The minimum absolute atomic E-state index is 0.173. The largest absolute Gasteiger partial charge is 0.341 e. The summed E-state index contributed by atoms with van der Waals surface area (Å²) in [6.45, 7) is 3.83. The van der Waals surface area contributed by atoms with Crippen LogP contribution in [0.1, 0.15) is 34.8 Å². The number of amides is 1. The van der Waals surface area contributed by atoms with Crippen molar-refractivity contribution in [2.75, 3.05) is 0 Å². The van der Waals surface area contributed by atoms with Crippen LogP contribution in [-0.2, 0) is 0 Å². The minimum Gasteiger partial charge on any atom is -0.341 e. The Labute approximate surface area is 134 Å². The van der Waals surface area contributed by atoms with Crippen molar-refractivity contribution in [3.05, 3.63) is 71.6 Å². The number of benzene rings is 2. The standard InChI is InChI=1S/C18H17N3O2/c1-12-8-10-14(11-9-12)16-20-18(23-21-16)13(2)19-17(22)15-6-4-3-5-7-15/h3-11,13H,1-2H3,(H,19,22). The highest BCUT2D eigenvalue weighted by Crippen LogP contribution is 2.19. The first-order chi connectivity index (χ1) is 11.1. The average molecular weight is 307 g/mol. The molecule has 3 rings (SSSR count). The van der Waals surface area contributed by atoms with Crippen molar-refractivity contribution in [3.8, 4) is 11.4 Å². The molecule has 0 spiro atoms. The molecule has 0 fully saturated rings. The molecular formula is C18H17N3O2. The van der Waals surface area contributed by atoms with Crippen LogP contribution in [0.5, 0.6) is 0 Å². The van der Waals surface area contributed by atoms with E-state index in [9.17, 15) is 4.79 Å². The second kappa shape index (κ2) is 6.44. The Balaban J connectivity index is 1.72. The van der Waals surface area contributed by atoms with E-state index in [1.807, 2.05) is 56.3 Å². The van der Waals surface area contributed by atoms with Crippen molar-refractivity contribution in [2.45, 2.75) is 19.9 Å². The Hall–Kier alpha value is -2.95. The van der Waals surface area contributed by atoms with Crippen LogP contribution >= 0.6 is 0 Å². The molecule has 0 saturated heterocycles. The zero-order chi connectivity index (χ0) is 16.2. The monoisotopic (exact) mass is 307 g/mol. The summed E-state index contributed by atoms with van der Waals surface area (Å²) in [7, 11) is 0. The summed E-state index contributed by atoms with van der Waals surface area (Å²) in [4.78, 5) is 16.5. The maximum Gasteiger partial charge on any atom is 0.251 e. The summed E-state index contributed by atoms with van der Waals surface area (Å²) in [6.07, 6.45) is 0. The molecule has 116 valence electrons. The van der Waals surface area contributed by atoms with E-state index in [0.29, 0.717) is 17.3 Å². The van der Waals surface area contributed by atoms with Gasteiger partial charge < -0.3 is 9.84 Å². The highest BCUT2D eigenvalue weighted by Gasteiger charge is 2.18. The third-order valence-corrected chi connectivity index (χ3v) is 3.51. The molecule has 5 nitrogen and oxygen atoms in total. The summed E-state index contributed by atoms with van der Waals surface area (Å²) >= 11 is 0. The number of nitrogens with zero attached hydrogens (tertiary/aromatic N) is 2. The zero-order valence-corrected chi connectivity index (χ0v) is 13.0. The quantitative estimate of drug-likeness (QED) is 0.800. The molecule has 3 aromatic rings. The molecule has 1 unspecified atom stereocenters. The second-order valence-corrected chi connectivity index (χ2v) is 5.38. The summed E-state index contributed by atoms with van der Waals surface area (Å²) in [6, 6.07) is 16.5. The molecule has 1 aromatic heterocycles. The van der Waals surface area contributed by atoms with E-state index >= 15 is 0 Å². The van der Waals surface area contributed by atoms with Gasteiger partial charge in [0, 0.05) is 11.1 Å². The molecule has 0 aliphatic rings. The fourth-order valence-electron chi connectivity index (χ4n) is 2.16. The third-order valence-electron chi connectivity index (χ3n) is 3.51. The molecule has 1 heterocycles. The number of rotatable bonds is 4. The van der Waals surface area contributed by atoms with Crippen LogP contribution in [0, 0.1) is 6.92 Å². The predicted molar refractivity (Wildman–Crippen MR) is 86.8 cm³/mol. The SMILES string of the molecule is Cc1ccc(-c2noc(C(C)NC(=O)c3ccccc3)n2)cc1. The first kappa shape index (κ1) is 15.0. The lowest BCUT2D eigenvalue weighted by Gasteiger charge is -2.09. The van der Waals surface area contributed by atoms with Gasteiger partial charge >= 0.3 is 0 Å². The molecule has 0 aliphatic heterocycles. The molecule has 2 aromatic carbocycles. The number of carbonyl (C=O) groups excluding carboxylic acids is 1. The van der Waals surface area contributed by atoms with Gasteiger partial charge in [0.15, 0.2) is 0 Å². The van der Waals surface area contributed by atoms with Crippen molar-refractivity contribution >= 4 is 5.91 Å². The van der Waals surface area contributed by atoms with Crippen molar-refractivity contribution in [2.24, 2.45) is 0 Å². The fraction of sp³-hybridized carbons (Fsp3) is 0.167. The number of aromatic nitrogens is 2. The lowest BCUT2D eigenvalue weighted by Crippen LogP contribution is -2.26. The first-order valence-corrected chi connectivity index (χ1v) is 7.40. The normalized spacial score (nSPS) is 11.9. The van der Waals surface area contributed by atoms with E-state index < -0.39 is 0 Å². The van der Waals surface area contributed by atoms with Gasteiger partial charge in [-0.1, -0.05) is 53.2 Å². The van der Waals surface area contributed by atoms with Gasteiger partial charge in [-0.15, -0.1) is 0 Å². The first-order valence-electron chi connectivity index (χ1n) is 7.40. The molecule has 0 aliphatic carbocycles. The van der Waals surface area contributed by atoms with Crippen LogP contribution in [-0.4, -0.2) is 16.0 Å². The van der Waals surface area contributed by atoms with Gasteiger partial charge in [0.2, 0.25) is 11.7 Å². The minimum atomic E-state index is -0.366. The molecule has 0 bridgehead atoms. The van der Waals surface area contributed by atoms with Crippen molar-refractivity contribution in [1.82, 2.24) is 15.5 Å². The molecule has 1 N–H and O–H groups in total. The van der Waals surface area contributed by atoms with Gasteiger partial charge in [0.25, 0.3) is 5.91 Å². The molecule has 1 atom stereocenters. The van der Waals surface area contributed by atoms with E-state index in [1.165, 1.54) is 5.56 Å². The molecule has 0 saturated carbocycles. The van der Waals surface area contributed by atoms with Crippen LogP contribution in [0.2, 0.25) is 0 Å². The van der Waals surface area contributed by atoms with Crippen LogP contribution in [0.4, 0.5) is 0 Å². The summed E-state index contributed by atoms with van der Waals surface area (Å²) in [5.41, 5.74) is 2.64. The van der Waals surface area contributed by atoms with E-state index in [-0.39, 0.29) is 11.9 Å². The highest BCUT2D eigenvalue weighted by molar-refractivity contribution is 5.94. The molecule has 1 amide bonds. The highest BCUT2D eigenvalue weighted by atomic mass is 16.5. The molecule has 5 heteroatoms. The van der Waals surface area contributed by atoms with Crippen LogP contribution in [0.15, 0.2) is 59.1 Å². The van der Waals surface area contributed by atoms with Gasteiger partial charge in [-0.2, -0.15) is 4.98 Å². The van der Waals surface area contributed by atoms with Gasteiger partial charge in [-0.3, -0.25) is 4.79 Å². The van der Waals surface area contributed by atoms with E-state index in [1.54, 1.807) is 12.1 Å². The molecule has 0 radical (unpaired) electrons. The maximum atomic E-state index is 12.1. The smallest absolute Gasteiger partial charge is 0.251 e. The number of carbonyl (C=O) groups is 1. The van der Waals surface area contributed by atoms with Crippen molar-refractivity contribution < 1.29 is 9.32 Å². The number of hydrogen-bond donors (Lipinski definition) is 1. The van der Waals surface area contributed by atoms with E-state index in [0.717, 1.165) is 5.56 Å². The van der Waals surface area contributed by atoms with Gasteiger partial charge in [-0.05, 0) is 26.0 Å². The second-order valence-electron chi connectivity index (χ2n) is 5.38. The Bertz CT molecular complexity index is 795. The summed E-state index contributed by atoms with van der Waals surface area (Å²) in [5, 5.41) is 6.83. The van der Waals surface area contributed by atoms with E-state index in [4.69, 9.17) is 4.52 Å².